The molecule has 0 amide bonds. The van der Waals surface area contributed by atoms with E-state index in [0.717, 1.165) is 7.11 Å². The van der Waals surface area contributed by atoms with E-state index in [0.29, 0.717) is 20.9 Å². The van der Waals surface area contributed by atoms with E-state index < -0.39 is 11.9 Å². The monoisotopic (exact) mass is 374 g/mol. The fourth-order valence-electron chi connectivity index (χ4n) is 2.32. The molecule has 0 aliphatic rings. The van der Waals surface area contributed by atoms with E-state index in [1.54, 1.807) is 29.6 Å². The van der Waals surface area contributed by atoms with Crippen LogP contribution in [0.25, 0.3) is 11.0 Å². The summed E-state index contributed by atoms with van der Waals surface area (Å²) in [6.07, 6.45) is 0. The maximum absolute atomic E-state index is 12.7. The van der Waals surface area contributed by atoms with Crippen molar-refractivity contribution < 1.29 is 28.5 Å². The first-order valence-electron chi connectivity index (χ1n) is 7.44. The molecule has 3 aromatic rings. The zero-order valence-corrected chi connectivity index (χ0v) is 14.7. The van der Waals surface area contributed by atoms with Crippen molar-refractivity contribution in [3.05, 3.63) is 57.2 Å². The van der Waals surface area contributed by atoms with Crippen LogP contribution in [0.15, 0.2) is 35.7 Å². The smallest absolute Gasteiger partial charge is 0.406 e. The molecule has 3 rings (SSSR count). The van der Waals surface area contributed by atoms with Crippen LogP contribution in [0.1, 0.15) is 25.9 Å². The van der Waals surface area contributed by atoms with Gasteiger partial charge in [0.1, 0.15) is 22.8 Å². The second-order valence-electron chi connectivity index (χ2n) is 5.10. The Balaban J connectivity index is 2.02. The molecule has 9 heteroatoms. The Labute approximate surface area is 152 Å². The zero-order chi connectivity index (χ0) is 18.7. The van der Waals surface area contributed by atoms with E-state index in [1.165, 1.54) is 24.5 Å². The number of hydrogen-bond acceptors (Lipinski definition) is 8. The minimum Gasteiger partial charge on any atom is -0.618 e. The van der Waals surface area contributed by atoms with Crippen LogP contribution >= 0.6 is 11.3 Å². The van der Waals surface area contributed by atoms with Gasteiger partial charge in [0.05, 0.1) is 20.3 Å². The molecule has 0 aliphatic carbocycles. The van der Waals surface area contributed by atoms with E-state index in [-0.39, 0.29) is 23.5 Å². The van der Waals surface area contributed by atoms with Gasteiger partial charge in [0, 0.05) is 0 Å². The van der Waals surface area contributed by atoms with Gasteiger partial charge in [-0.2, -0.15) is 4.73 Å². The van der Waals surface area contributed by atoms with Crippen molar-refractivity contribution >= 4 is 34.3 Å². The molecule has 0 fully saturated rings. The first-order chi connectivity index (χ1) is 12.5. The van der Waals surface area contributed by atoms with Gasteiger partial charge in [-0.1, -0.05) is 6.07 Å². The summed E-state index contributed by atoms with van der Waals surface area (Å²) < 4.78 is 15.4. The summed E-state index contributed by atoms with van der Waals surface area (Å²) in [5.41, 5.74) is 0.135. The molecular formula is C17H14N2O6S. The summed E-state index contributed by atoms with van der Waals surface area (Å²) in [6, 6.07) is 8.00. The highest BCUT2D eigenvalue weighted by molar-refractivity contribution is 7.11. The number of methoxy groups -OCH3 is 2. The normalized spacial score (nSPS) is 10.5. The lowest BCUT2D eigenvalue weighted by molar-refractivity contribution is -0.581. The number of nitrogens with zero attached hydrogens (tertiary/aromatic N) is 2. The number of carbonyl (C=O) groups is 2. The molecule has 0 saturated heterocycles. The van der Waals surface area contributed by atoms with Gasteiger partial charge >= 0.3 is 17.6 Å². The molecule has 0 radical (unpaired) electrons. The highest BCUT2D eigenvalue weighted by Gasteiger charge is 2.28. The molecule has 0 saturated carbocycles. The van der Waals surface area contributed by atoms with Crippen molar-refractivity contribution in [1.82, 2.24) is 4.98 Å². The predicted molar refractivity (Wildman–Crippen MR) is 92.0 cm³/mol. The highest BCUT2D eigenvalue weighted by Crippen LogP contribution is 2.19. The predicted octanol–water partition coefficient (Wildman–Crippen LogP) is 2.08. The van der Waals surface area contributed by atoms with E-state index in [9.17, 15) is 14.8 Å². The molecule has 134 valence electrons. The number of ether oxygens (including phenoxy) is 3. The Morgan fingerprint density at radius 1 is 1.23 bits per heavy atom. The second-order valence-corrected chi connectivity index (χ2v) is 6.05. The summed E-state index contributed by atoms with van der Waals surface area (Å²) in [5.74, 6) is -0.999. The Morgan fingerprint density at radius 3 is 2.69 bits per heavy atom. The van der Waals surface area contributed by atoms with Crippen LogP contribution in [0, 0.1) is 5.21 Å². The molecule has 0 unspecified atom stereocenters. The average molecular weight is 374 g/mol. The Morgan fingerprint density at radius 2 is 2.04 bits per heavy atom. The Hall–Kier alpha value is -3.20. The SMILES string of the molecule is COC(=O)c1c(COC(=O)c2cccs2)nc2ccc(OC)cc2[n+]1[O-]. The highest BCUT2D eigenvalue weighted by atomic mass is 32.1. The van der Waals surface area contributed by atoms with Crippen LogP contribution < -0.4 is 9.47 Å². The first-order valence-corrected chi connectivity index (χ1v) is 8.32. The van der Waals surface area contributed by atoms with Crippen molar-refractivity contribution in [3.8, 4) is 5.75 Å². The molecule has 0 aliphatic heterocycles. The lowest BCUT2D eigenvalue weighted by atomic mass is 10.2. The number of carbonyl (C=O) groups excluding carboxylic acids is 2. The van der Waals surface area contributed by atoms with Crippen LogP contribution in [-0.2, 0) is 16.1 Å². The second kappa shape index (κ2) is 7.36. The van der Waals surface area contributed by atoms with Gasteiger partial charge < -0.3 is 19.4 Å². The molecule has 2 heterocycles. The van der Waals surface area contributed by atoms with Crippen molar-refractivity contribution in [1.29, 1.82) is 0 Å². The largest absolute Gasteiger partial charge is 0.618 e. The lowest BCUT2D eigenvalue weighted by Gasteiger charge is -2.11. The third-order valence-electron chi connectivity index (χ3n) is 3.57. The van der Waals surface area contributed by atoms with Crippen LogP contribution in [0.4, 0.5) is 0 Å². The van der Waals surface area contributed by atoms with Crippen molar-refractivity contribution in [2.24, 2.45) is 0 Å². The van der Waals surface area contributed by atoms with Gasteiger partial charge in [-0.3, -0.25) is 0 Å². The minimum absolute atomic E-state index is 0.00872. The van der Waals surface area contributed by atoms with Gasteiger partial charge in [0.2, 0.25) is 5.52 Å². The molecule has 0 spiro atoms. The molecule has 0 atom stereocenters. The quantitative estimate of drug-likeness (QED) is 0.383. The zero-order valence-electron chi connectivity index (χ0n) is 13.9. The maximum Gasteiger partial charge on any atom is 0.406 e. The van der Waals surface area contributed by atoms with Gasteiger partial charge in [0.15, 0.2) is 5.69 Å². The van der Waals surface area contributed by atoms with Crippen LogP contribution in [-0.4, -0.2) is 31.1 Å². The van der Waals surface area contributed by atoms with E-state index in [4.69, 9.17) is 9.47 Å². The summed E-state index contributed by atoms with van der Waals surface area (Å²) in [6.45, 7) is -0.342. The number of hydrogen-bond donors (Lipinski definition) is 0. The molecule has 26 heavy (non-hydrogen) atoms. The van der Waals surface area contributed by atoms with Gasteiger partial charge in [-0.05, 0) is 23.6 Å². The fourth-order valence-corrected chi connectivity index (χ4v) is 2.94. The van der Waals surface area contributed by atoms with Crippen LogP contribution in [0.3, 0.4) is 0 Å². The number of thiophene rings is 1. The Bertz CT molecular complexity index is 971. The molecule has 1 aromatic carbocycles. The van der Waals surface area contributed by atoms with E-state index in [2.05, 4.69) is 9.72 Å². The number of esters is 2. The summed E-state index contributed by atoms with van der Waals surface area (Å²) in [5, 5.41) is 14.4. The van der Waals surface area contributed by atoms with Crippen LogP contribution in [0.2, 0.25) is 0 Å². The fraction of sp³-hybridized carbons (Fsp3) is 0.176. The molecule has 0 bridgehead atoms. The van der Waals surface area contributed by atoms with Crippen molar-refractivity contribution in [3.63, 3.8) is 0 Å². The van der Waals surface area contributed by atoms with Gasteiger partial charge in [-0.25, -0.2) is 14.6 Å². The molecular weight excluding hydrogens is 360 g/mol. The number of rotatable bonds is 5. The molecule has 8 nitrogen and oxygen atoms in total. The first kappa shape index (κ1) is 17.6. The molecule has 0 N–H and O–H groups in total. The summed E-state index contributed by atoms with van der Waals surface area (Å²) >= 11 is 1.22. The van der Waals surface area contributed by atoms with E-state index in [1.807, 2.05) is 0 Å². The van der Waals surface area contributed by atoms with Gasteiger partial charge in [0.25, 0.3) is 0 Å². The van der Waals surface area contributed by atoms with E-state index >= 15 is 0 Å². The van der Waals surface area contributed by atoms with Gasteiger partial charge in [-0.15, -0.1) is 11.3 Å². The third-order valence-corrected chi connectivity index (χ3v) is 4.42. The average Bonchev–Trinajstić information content (AvgIpc) is 3.20. The topological polar surface area (TPSA) is 102 Å². The van der Waals surface area contributed by atoms with Crippen molar-refractivity contribution in [2.75, 3.05) is 14.2 Å². The number of fused-ring (bicyclic) bond motifs is 1. The summed E-state index contributed by atoms with van der Waals surface area (Å²) in [4.78, 5) is 28.8. The maximum atomic E-state index is 12.7. The summed E-state index contributed by atoms with van der Waals surface area (Å²) in [7, 11) is 2.61. The standard InChI is InChI=1S/C17H14N2O6S/c1-23-10-5-6-11-13(8-10)19(22)15(17(21)24-2)12(18-11)9-25-16(20)14-4-3-7-26-14/h3-8H,9H2,1-2H3. The minimum atomic E-state index is -0.876. The molecule has 2 aromatic heterocycles. The number of benzene rings is 1. The Kier molecular flexibility index (Phi) is 4.99. The third kappa shape index (κ3) is 3.29. The van der Waals surface area contributed by atoms with Crippen molar-refractivity contribution in [2.45, 2.75) is 6.61 Å². The lowest BCUT2D eigenvalue weighted by Crippen LogP contribution is -2.38. The van der Waals surface area contributed by atoms with Crippen LogP contribution in [0.5, 0.6) is 5.75 Å². The number of aromatic nitrogens is 2.